The summed E-state index contributed by atoms with van der Waals surface area (Å²) in [6, 6.07) is 0. The van der Waals surface area contributed by atoms with Crippen LogP contribution in [0, 0.1) is 0 Å². The first-order valence-electron chi connectivity index (χ1n) is 4.18. The molecule has 0 spiro atoms. The standard InChI is InChI=1S/C7H16O3S3.Na/c8-4-6-12-11-5-2-1-3-7-13(9)10;/h8H,1-7H2,(H,9,10);/q;+1/p-1. The zero-order chi connectivity index (χ0) is 9.94. The van der Waals surface area contributed by atoms with Gasteiger partial charge in [0.1, 0.15) is 0 Å². The third kappa shape index (κ3) is 16.2. The van der Waals surface area contributed by atoms with Crippen molar-refractivity contribution in [3.8, 4) is 0 Å². The molecule has 80 valence electrons. The summed E-state index contributed by atoms with van der Waals surface area (Å²) < 4.78 is 20.3. The van der Waals surface area contributed by atoms with Crippen molar-refractivity contribution in [2.24, 2.45) is 0 Å². The molecule has 0 saturated heterocycles. The van der Waals surface area contributed by atoms with Gasteiger partial charge in [-0.1, -0.05) is 39.1 Å². The summed E-state index contributed by atoms with van der Waals surface area (Å²) in [4.78, 5) is 0. The number of unbranched alkanes of at least 4 members (excludes halogenated alkanes) is 2. The maximum Gasteiger partial charge on any atom is 1.00 e. The summed E-state index contributed by atoms with van der Waals surface area (Å²) in [7, 11) is 3.40. The Morgan fingerprint density at radius 3 is 2.36 bits per heavy atom. The van der Waals surface area contributed by atoms with E-state index in [9.17, 15) is 8.76 Å². The number of aliphatic hydroxyl groups is 1. The quantitative estimate of drug-likeness (QED) is 0.236. The summed E-state index contributed by atoms with van der Waals surface area (Å²) >= 11 is -1.87. The van der Waals surface area contributed by atoms with Crippen molar-refractivity contribution in [1.29, 1.82) is 0 Å². The Morgan fingerprint density at radius 2 is 1.79 bits per heavy atom. The Hall–Kier alpha value is 1.77. The Kier molecular flexibility index (Phi) is 19.1. The monoisotopic (exact) mass is 266 g/mol. The molecule has 0 amide bonds. The summed E-state index contributed by atoms with van der Waals surface area (Å²) in [6.07, 6.45) is 2.79. The van der Waals surface area contributed by atoms with Crippen LogP contribution < -0.4 is 29.6 Å². The van der Waals surface area contributed by atoms with Gasteiger partial charge in [0.25, 0.3) is 0 Å². The molecule has 0 aliphatic heterocycles. The van der Waals surface area contributed by atoms with Gasteiger partial charge in [0, 0.05) is 17.3 Å². The summed E-state index contributed by atoms with van der Waals surface area (Å²) in [5.74, 6) is 2.10. The van der Waals surface area contributed by atoms with Gasteiger partial charge < -0.3 is 9.66 Å². The van der Waals surface area contributed by atoms with Crippen LogP contribution in [0.3, 0.4) is 0 Å². The van der Waals surface area contributed by atoms with E-state index >= 15 is 0 Å². The van der Waals surface area contributed by atoms with Gasteiger partial charge in [-0.2, -0.15) is 0 Å². The first-order valence-corrected chi connectivity index (χ1v) is 7.91. The van der Waals surface area contributed by atoms with Gasteiger partial charge in [0.2, 0.25) is 0 Å². The van der Waals surface area contributed by atoms with E-state index in [-0.39, 0.29) is 41.9 Å². The van der Waals surface area contributed by atoms with Crippen LogP contribution in [0.15, 0.2) is 0 Å². The molecule has 0 fully saturated rings. The minimum Gasteiger partial charge on any atom is -0.772 e. The predicted octanol–water partition coefficient (Wildman–Crippen LogP) is -1.59. The van der Waals surface area contributed by atoms with E-state index < -0.39 is 11.1 Å². The molecule has 0 saturated carbocycles. The fraction of sp³-hybridized carbons (Fsp3) is 1.00. The third-order valence-electron chi connectivity index (χ3n) is 1.30. The average molecular weight is 266 g/mol. The molecule has 1 atom stereocenters. The van der Waals surface area contributed by atoms with Crippen molar-refractivity contribution in [2.75, 3.05) is 23.9 Å². The van der Waals surface area contributed by atoms with E-state index in [1.165, 1.54) is 0 Å². The molecule has 7 heteroatoms. The first-order chi connectivity index (χ1) is 6.27. The molecule has 0 aromatic carbocycles. The first kappa shape index (κ1) is 18.1. The van der Waals surface area contributed by atoms with Gasteiger partial charge in [-0.25, -0.2) is 0 Å². The predicted molar refractivity (Wildman–Crippen MR) is 59.6 cm³/mol. The molecule has 0 bridgehead atoms. The molecular weight excluding hydrogens is 251 g/mol. The molecule has 3 nitrogen and oxygen atoms in total. The molecule has 0 rings (SSSR count). The molecule has 0 aliphatic carbocycles. The largest absolute Gasteiger partial charge is 1.00 e. The second-order valence-electron chi connectivity index (χ2n) is 2.44. The Bertz CT molecular complexity index is 137. The van der Waals surface area contributed by atoms with Crippen molar-refractivity contribution in [1.82, 2.24) is 0 Å². The van der Waals surface area contributed by atoms with Crippen LogP contribution in [0.25, 0.3) is 0 Å². The van der Waals surface area contributed by atoms with Crippen LogP contribution in [0.1, 0.15) is 19.3 Å². The summed E-state index contributed by atoms with van der Waals surface area (Å²) in [5.41, 5.74) is 0. The van der Waals surface area contributed by atoms with Crippen LogP contribution in [0.5, 0.6) is 0 Å². The van der Waals surface area contributed by atoms with Gasteiger partial charge in [-0.3, -0.25) is 4.21 Å². The van der Waals surface area contributed by atoms with E-state index in [0.29, 0.717) is 0 Å². The van der Waals surface area contributed by atoms with Crippen molar-refractivity contribution >= 4 is 32.7 Å². The fourth-order valence-electron chi connectivity index (χ4n) is 0.713. The SMILES string of the molecule is O=S([O-])CCCCCSSCCO.[Na+]. The Morgan fingerprint density at radius 1 is 1.14 bits per heavy atom. The van der Waals surface area contributed by atoms with Gasteiger partial charge in [0.05, 0.1) is 6.61 Å². The van der Waals surface area contributed by atoms with E-state index in [0.717, 1.165) is 30.8 Å². The molecular formula is C7H15NaO3S3. The number of aliphatic hydroxyl groups excluding tert-OH is 1. The summed E-state index contributed by atoms with van der Waals surface area (Å²) in [5, 5.41) is 8.47. The average Bonchev–Trinajstić information content (AvgIpc) is 2.09. The molecule has 0 aromatic rings. The van der Waals surface area contributed by atoms with Crippen molar-refractivity contribution in [3.05, 3.63) is 0 Å². The van der Waals surface area contributed by atoms with E-state index in [1.807, 2.05) is 0 Å². The molecule has 0 heterocycles. The van der Waals surface area contributed by atoms with Crippen LogP contribution in [0.4, 0.5) is 0 Å². The van der Waals surface area contributed by atoms with Crippen molar-refractivity contribution < 1.29 is 43.4 Å². The van der Waals surface area contributed by atoms with Crippen LogP contribution in [-0.4, -0.2) is 37.7 Å². The Balaban J connectivity index is 0. The van der Waals surface area contributed by atoms with Crippen LogP contribution in [0.2, 0.25) is 0 Å². The van der Waals surface area contributed by atoms with E-state index in [2.05, 4.69) is 0 Å². The minimum absolute atomic E-state index is 0. The molecule has 0 radical (unpaired) electrons. The van der Waals surface area contributed by atoms with Gasteiger partial charge >= 0.3 is 29.6 Å². The van der Waals surface area contributed by atoms with Gasteiger partial charge in [0.15, 0.2) is 0 Å². The van der Waals surface area contributed by atoms with Crippen molar-refractivity contribution in [2.45, 2.75) is 19.3 Å². The maximum absolute atomic E-state index is 10.1. The second-order valence-corrected chi connectivity index (χ2v) is 6.15. The van der Waals surface area contributed by atoms with E-state index in [4.69, 9.17) is 5.11 Å². The third-order valence-corrected chi connectivity index (χ3v) is 4.39. The van der Waals surface area contributed by atoms with E-state index in [1.54, 1.807) is 21.6 Å². The molecule has 1 unspecified atom stereocenters. The zero-order valence-corrected chi connectivity index (χ0v) is 12.9. The Labute approximate surface area is 118 Å². The number of hydrogen-bond donors (Lipinski definition) is 1. The van der Waals surface area contributed by atoms with Crippen molar-refractivity contribution in [3.63, 3.8) is 0 Å². The molecule has 14 heavy (non-hydrogen) atoms. The van der Waals surface area contributed by atoms with Crippen LogP contribution in [-0.2, 0) is 11.1 Å². The second kappa shape index (κ2) is 14.8. The molecule has 0 aliphatic rings. The van der Waals surface area contributed by atoms with Crippen LogP contribution >= 0.6 is 21.6 Å². The van der Waals surface area contributed by atoms with Gasteiger partial charge in [-0.15, -0.1) is 0 Å². The zero-order valence-electron chi connectivity index (χ0n) is 8.44. The molecule has 1 N–H and O–H groups in total. The molecule has 0 aromatic heterocycles. The van der Waals surface area contributed by atoms with Gasteiger partial charge in [-0.05, 0) is 12.8 Å². The fourth-order valence-corrected chi connectivity index (χ4v) is 3.07. The normalized spacial score (nSPS) is 12.1. The summed E-state index contributed by atoms with van der Waals surface area (Å²) in [6.45, 7) is 0.229. The number of rotatable bonds is 9. The maximum atomic E-state index is 10.1. The minimum atomic E-state index is -1.87. The smallest absolute Gasteiger partial charge is 0.772 e. The number of hydrogen-bond acceptors (Lipinski definition) is 5. The topological polar surface area (TPSA) is 60.4 Å².